The average molecular weight is 673 g/mol. The van der Waals surface area contributed by atoms with E-state index in [0.717, 1.165) is 118 Å². The second kappa shape index (κ2) is 16.4. The second-order valence-corrected chi connectivity index (χ2v) is 16.0. The molecule has 6 rings (SSSR count). The highest BCUT2D eigenvalue weighted by Gasteiger charge is 2.40. The Morgan fingerprint density at radius 1 is 0.587 bits per heavy atom. The molecule has 4 aliphatic heterocycles. The third-order valence-corrected chi connectivity index (χ3v) is 12.3. The Kier molecular flexibility index (Phi) is 12.4. The van der Waals surface area contributed by atoms with E-state index in [0.29, 0.717) is 17.9 Å². The van der Waals surface area contributed by atoms with E-state index in [1.165, 1.54) is 20.9 Å². The normalized spacial score (nSPS) is 23.8. The van der Waals surface area contributed by atoms with Gasteiger partial charge in [0, 0.05) is 113 Å². The highest BCUT2D eigenvalue weighted by molar-refractivity contribution is 7.10. The van der Waals surface area contributed by atoms with Gasteiger partial charge >= 0.3 is 0 Å². The number of nitrogens with zero attached hydrogens (tertiary/aromatic N) is 6. The highest BCUT2D eigenvalue weighted by Crippen LogP contribution is 2.37. The van der Waals surface area contributed by atoms with Crippen molar-refractivity contribution in [2.24, 2.45) is 0 Å². The maximum atomic E-state index is 15.3. The largest absolute Gasteiger partial charge is 0.379 e. The smallest absolute Gasteiger partial charge is 0.176 e. The minimum Gasteiger partial charge on any atom is -0.379 e. The zero-order chi connectivity index (χ0) is 32.0. The molecule has 0 saturated carbocycles. The van der Waals surface area contributed by atoms with Crippen LogP contribution in [-0.4, -0.2) is 152 Å². The number of carbonyl (C=O) groups excluding carboxylic acids is 1. The topological polar surface area (TPSA) is 55.0 Å². The van der Waals surface area contributed by atoms with Gasteiger partial charge in [-0.1, -0.05) is 0 Å². The molecule has 46 heavy (non-hydrogen) atoms. The zero-order valence-electron chi connectivity index (χ0n) is 28.6. The summed E-state index contributed by atoms with van der Waals surface area (Å²) in [5.74, 6) is 0.349. The minimum absolute atomic E-state index is 0.236. The van der Waals surface area contributed by atoms with Gasteiger partial charge in [-0.25, -0.2) is 0 Å². The molecule has 0 aliphatic carbocycles. The van der Waals surface area contributed by atoms with Crippen molar-refractivity contribution in [2.75, 3.05) is 105 Å². The number of ketones is 1. The number of hydrogen-bond donors (Lipinski definition) is 0. The van der Waals surface area contributed by atoms with Gasteiger partial charge in [0.05, 0.1) is 38.5 Å². The molecule has 4 fully saturated rings. The van der Waals surface area contributed by atoms with Gasteiger partial charge in [0.2, 0.25) is 0 Å². The average Bonchev–Trinajstić information content (AvgIpc) is 3.72. The number of Topliss-reactive ketones (excluding diaryl/α,β-unsaturated/α-hetero) is 1. The Balaban J connectivity index is 1.28. The van der Waals surface area contributed by atoms with E-state index in [4.69, 9.17) is 9.47 Å². The van der Waals surface area contributed by atoms with Crippen molar-refractivity contribution in [3.63, 3.8) is 0 Å². The van der Waals surface area contributed by atoms with Crippen LogP contribution >= 0.6 is 22.7 Å². The third kappa shape index (κ3) is 8.66. The zero-order valence-corrected chi connectivity index (χ0v) is 30.2. The van der Waals surface area contributed by atoms with Gasteiger partial charge in [0.1, 0.15) is 0 Å². The van der Waals surface area contributed by atoms with Crippen LogP contribution in [0.3, 0.4) is 0 Å². The number of piperazine rings is 2. The van der Waals surface area contributed by atoms with E-state index >= 15 is 4.79 Å². The molecule has 2 aromatic rings. The lowest BCUT2D eigenvalue weighted by Gasteiger charge is -2.44. The van der Waals surface area contributed by atoms with Gasteiger partial charge < -0.3 is 9.47 Å². The first-order valence-electron chi connectivity index (χ1n) is 17.6. The molecule has 4 aliphatic rings. The molecular formula is C35H56N6O3S2. The van der Waals surface area contributed by atoms with Crippen molar-refractivity contribution in [2.45, 2.75) is 65.0 Å². The van der Waals surface area contributed by atoms with Crippen molar-refractivity contribution in [3.05, 3.63) is 43.8 Å². The molecule has 0 spiro atoms. The van der Waals surface area contributed by atoms with Gasteiger partial charge in [-0.05, 0) is 61.7 Å². The monoisotopic (exact) mass is 672 g/mol. The summed E-state index contributed by atoms with van der Waals surface area (Å²) in [6, 6.07) is 5.28. The first-order chi connectivity index (χ1) is 22.4. The Bertz CT molecular complexity index is 1130. The quantitative estimate of drug-likeness (QED) is 0.335. The predicted octanol–water partition coefficient (Wildman–Crippen LogP) is 3.88. The number of carbonyl (C=O) groups is 1. The van der Waals surface area contributed by atoms with E-state index in [-0.39, 0.29) is 12.1 Å². The molecule has 6 heterocycles. The van der Waals surface area contributed by atoms with Crippen LogP contribution in [0, 0.1) is 0 Å². The van der Waals surface area contributed by atoms with Crippen LogP contribution in [-0.2, 0) is 27.4 Å². The number of rotatable bonds is 12. The van der Waals surface area contributed by atoms with Crippen molar-refractivity contribution in [1.29, 1.82) is 0 Å². The molecular weight excluding hydrogens is 617 g/mol. The molecule has 256 valence electrons. The van der Waals surface area contributed by atoms with E-state index < -0.39 is 0 Å². The minimum atomic E-state index is -0.236. The standard InChI is InChI=1S/C35H56N6O3S2/c1-27(2)38-5-9-40(10-6-38)33(29-21-31(45-25-29)23-36-13-17-43-18-14-36)35(42)34(41-11-7-39(8-12-41)28(3)4)30-22-32(46-26-30)24-37-15-19-44-20-16-37/h21-22,25-28,33-34H,5-20,23-24H2,1-4H3. The first kappa shape index (κ1) is 34.6. The molecule has 0 bridgehead atoms. The van der Waals surface area contributed by atoms with Crippen LogP contribution in [0.1, 0.15) is 60.7 Å². The van der Waals surface area contributed by atoms with Gasteiger partial charge in [0.15, 0.2) is 5.78 Å². The molecule has 2 unspecified atom stereocenters. The summed E-state index contributed by atoms with van der Waals surface area (Å²) in [6.07, 6.45) is 0. The van der Waals surface area contributed by atoms with Crippen molar-refractivity contribution < 1.29 is 14.3 Å². The SMILES string of the molecule is CC(C)N1CCN(C(C(=O)C(c2csc(CN3CCOCC3)c2)N2CCN(C(C)C)CC2)c2csc(CN3CCOCC3)c2)CC1. The highest BCUT2D eigenvalue weighted by atomic mass is 32.1. The summed E-state index contributed by atoms with van der Waals surface area (Å²) in [6.45, 7) is 25.8. The number of morpholine rings is 2. The van der Waals surface area contributed by atoms with Crippen LogP contribution in [0.15, 0.2) is 22.9 Å². The molecule has 9 nitrogen and oxygen atoms in total. The summed E-state index contributed by atoms with van der Waals surface area (Å²) >= 11 is 3.65. The Labute approximate surface area is 285 Å². The number of hydrogen-bond acceptors (Lipinski definition) is 11. The van der Waals surface area contributed by atoms with E-state index in [1.807, 2.05) is 22.7 Å². The van der Waals surface area contributed by atoms with E-state index in [2.05, 4.69) is 80.0 Å². The Hall–Kier alpha value is -1.25. The van der Waals surface area contributed by atoms with Crippen LogP contribution in [0.2, 0.25) is 0 Å². The fraction of sp³-hybridized carbons (Fsp3) is 0.743. The second-order valence-electron chi connectivity index (χ2n) is 14.0. The van der Waals surface area contributed by atoms with E-state index in [1.54, 1.807) is 0 Å². The molecule has 0 amide bonds. The third-order valence-electron chi connectivity index (χ3n) is 10.4. The van der Waals surface area contributed by atoms with Gasteiger partial charge in [0.25, 0.3) is 0 Å². The molecule has 11 heteroatoms. The lowest BCUT2D eigenvalue weighted by Crippen LogP contribution is -2.54. The van der Waals surface area contributed by atoms with Crippen molar-refractivity contribution in [1.82, 2.24) is 29.4 Å². The maximum Gasteiger partial charge on any atom is 0.176 e. The van der Waals surface area contributed by atoms with Crippen LogP contribution in [0.25, 0.3) is 0 Å². The van der Waals surface area contributed by atoms with Crippen LogP contribution < -0.4 is 0 Å². The summed E-state index contributed by atoms with van der Waals surface area (Å²) in [7, 11) is 0. The molecule has 2 aromatic heterocycles. The predicted molar refractivity (Wildman–Crippen MR) is 188 cm³/mol. The van der Waals surface area contributed by atoms with E-state index in [9.17, 15) is 0 Å². The molecule has 4 saturated heterocycles. The lowest BCUT2D eigenvalue weighted by atomic mass is 9.92. The van der Waals surface area contributed by atoms with Crippen LogP contribution in [0.5, 0.6) is 0 Å². The molecule has 2 atom stereocenters. The molecule has 0 radical (unpaired) electrons. The fourth-order valence-electron chi connectivity index (χ4n) is 7.49. The maximum absolute atomic E-state index is 15.3. The van der Waals surface area contributed by atoms with Gasteiger partial charge in [-0.3, -0.25) is 34.2 Å². The fourth-order valence-corrected chi connectivity index (χ4v) is 9.38. The summed E-state index contributed by atoms with van der Waals surface area (Å²) in [5.41, 5.74) is 2.37. The van der Waals surface area contributed by atoms with Crippen LogP contribution in [0.4, 0.5) is 0 Å². The number of ether oxygens (including phenoxy) is 2. The summed E-state index contributed by atoms with van der Waals surface area (Å²) in [4.78, 5) is 33.1. The van der Waals surface area contributed by atoms with Crippen molar-refractivity contribution >= 4 is 28.5 Å². The molecule has 0 N–H and O–H groups in total. The Morgan fingerprint density at radius 2 is 0.935 bits per heavy atom. The van der Waals surface area contributed by atoms with Gasteiger partial charge in [-0.2, -0.15) is 0 Å². The first-order valence-corrected chi connectivity index (χ1v) is 19.4. The van der Waals surface area contributed by atoms with Crippen molar-refractivity contribution in [3.8, 4) is 0 Å². The summed E-state index contributed by atoms with van der Waals surface area (Å²) in [5, 5.41) is 4.58. The Morgan fingerprint density at radius 3 is 1.28 bits per heavy atom. The molecule has 0 aromatic carbocycles. The number of thiophene rings is 2. The lowest BCUT2D eigenvalue weighted by molar-refractivity contribution is -0.132. The van der Waals surface area contributed by atoms with Gasteiger partial charge in [-0.15, -0.1) is 22.7 Å². The summed E-state index contributed by atoms with van der Waals surface area (Å²) < 4.78 is 11.2.